The predicted octanol–water partition coefficient (Wildman–Crippen LogP) is 2.18. The van der Waals surface area contributed by atoms with E-state index >= 15 is 0 Å². The van der Waals surface area contributed by atoms with Gasteiger partial charge < -0.3 is 10.6 Å². The smallest absolute Gasteiger partial charge is 0.325 e. The molecule has 6 nitrogen and oxygen atoms in total. The van der Waals surface area contributed by atoms with Gasteiger partial charge in [0.2, 0.25) is 5.91 Å². The number of carbonyl (C=O) groups excluding carboxylic acids is 3. The van der Waals surface area contributed by atoms with Gasteiger partial charge in [0.05, 0.1) is 0 Å². The summed E-state index contributed by atoms with van der Waals surface area (Å²) in [6, 6.07) is -0.426. The van der Waals surface area contributed by atoms with Crippen LogP contribution >= 0.6 is 0 Å². The Morgan fingerprint density at radius 1 is 1.30 bits per heavy atom. The van der Waals surface area contributed by atoms with Gasteiger partial charge in [-0.05, 0) is 25.2 Å². The van der Waals surface area contributed by atoms with Crippen molar-refractivity contribution in [1.29, 1.82) is 0 Å². The highest BCUT2D eigenvalue weighted by Crippen LogP contribution is 2.38. The molecule has 0 unspecified atom stereocenters. The first-order chi connectivity index (χ1) is 11.0. The van der Waals surface area contributed by atoms with Crippen molar-refractivity contribution in [2.45, 2.75) is 70.8 Å². The minimum atomic E-state index is -0.781. The minimum Gasteiger partial charge on any atom is -0.355 e. The Balaban J connectivity index is 1.87. The molecule has 1 heterocycles. The molecule has 1 aliphatic carbocycles. The van der Waals surface area contributed by atoms with Crippen molar-refractivity contribution in [3.63, 3.8) is 0 Å². The lowest BCUT2D eigenvalue weighted by Crippen LogP contribution is -2.54. The summed E-state index contributed by atoms with van der Waals surface area (Å²) in [7, 11) is 0. The highest BCUT2D eigenvalue weighted by molar-refractivity contribution is 6.09. The molecular formula is C17H29N3O3. The summed E-state index contributed by atoms with van der Waals surface area (Å²) in [5.74, 6) is -0.365. The van der Waals surface area contributed by atoms with Crippen LogP contribution in [0, 0.1) is 5.92 Å². The first-order valence-electron chi connectivity index (χ1n) is 8.92. The van der Waals surface area contributed by atoms with Crippen LogP contribution in [0.25, 0.3) is 0 Å². The highest BCUT2D eigenvalue weighted by Gasteiger charge is 2.55. The molecule has 2 N–H and O–H groups in total. The van der Waals surface area contributed by atoms with Crippen LogP contribution in [0.5, 0.6) is 0 Å². The van der Waals surface area contributed by atoms with E-state index in [9.17, 15) is 14.4 Å². The molecule has 2 atom stereocenters. The maximum absolute atomic E-state index is 12.7. The number of nitrogens with one attached hydrogen (secondary N) is 2. The molecule has 6 heteroatoms. The number of hydrogen-bond acceptors (Lipinski definition) is 3. The van der Waals surface area contributed by atoms with Crippen LogP contribution in [-0.2, 0) is 9.59 Å². The molecule has 23 heavy (non-hydrogen) atoms. The standard InChI is InChI=1S/C17H29N3O3/c1-3-4-5-8-11-18-14(21)12-20-15(22)17(19-16(20)23)10-7-6-9-13(17)2/h13H,3-12H2,1-2H3,(H,18,21)(H,19,23)/t13-,17-/m0/s1. The van der Waals surface area contributed by atoms with Crippen molar-refractivity contribution in [3.05, 3.63) is 0 Å². The van der Waals surface area contributed by atoms with Crippen molar-refractivity contribution in [2.24, 2.45) is 5.92 Å². The van der Waals surface area contributed by atoms with E-state index in [1.807, 2.05) is 6.92 Å². The second-order valence-corrected chi connectivity index (χ2v) is 6.85. The van der Waals surface area contributed by atoms with E-state index < -0.39 is 11.6 Å². The van der Waals surface area contributed by atoms with E-state index in [4.69, 9.17) is 0 Å². The molecule has 0 aromatic carbocycles. The van der Waals surface area contributed by atoms with Crippen molar-refractivity contribution >= 4 is 17.8 Å². The van der Waals surface area contributed by atoms with Crippen molar-refractivity contribution in [3.8, 4) is 0 Å². The fourth-order valence-corrected chi connectivity index (χ4v) is 3.62. The molecule has 2 fully saturated rings. The topological polar surface area (TPSA) is 78.5 Å². The molecule has 130 valence electrons. The third-order valence-electron chi connectivity index (χ3n) is 5.16. The molecular weight excluding hydrogens is 294 g/mol. The summed E-state index contributed by atoms with van der Waals surface area (Å²) < 4.78 is 0. The average Bonchev–Trinajstić information content (AvgIpc) is 2.75. The Kier molecular flexibility index (Phi) is 6.02. The molecule has 4 amide bonds. The first-order valence-corrected chi connectivity index (χ1v) is 8.92. The third kappa shape index (κ3) is 3.85. The van der Waals surface area contributed by atoms with Crippen LogP contribution in [0.1, 0.15) is 65.2 Å². The van der Waals surface area contributed by atoms with Gasteiger partial charge in [0.15, 0.2) is 0 Å². The quantitative estimate of drug-likeness (QED) is 0.557. The van der Waals surface area contributed by atoms with Gasteiger partial charge >= 0.3 is 6.03 Å². The van der Waals surface area contributed by atoms with Crippen LogP contribution in [0.2, 0.25) is 0 Å². The zero-order chi connectivity index (χ0) is 16.9. The molecule has 2 aliphatic rings. The Morgan fingerprint density at radius 2 is 2.09 bits per heavy atom. The summed E-state index contributed by atoms with van der Waals surface area (Å²) in [6.07, 6.45) is 7.96. The fourth-order valence-electron chi connectivity index (χ4n) is 3.62. The van der Waals surface area contributed by atoms with Crippen LogP contribution in [0.3, 0.4) is 0 Å². The molecule has 1 saturated carbocycles. The summed E-state index contributed by atoms with van der Waals surface area (Å²) in [5.41, 5.74) is -0.781. The van der Waals surface area contributed by atoms with E-state index in [2.05, 4.69) is 17.6 Å². The monoisotopic (exact) mass is 323 g/mol. The predicted molar refractivity (Wildman–Crippen MR) is 87.8 cm³/mol. The van der Waals surface area contributed by atoms with Crippen molar-refractivity contribution in [1.82, 2.24) is 15.5 Å². The Bertz CT molecular complexity index is 466. The summed E-state index contributed by atoms with van der Waals surface area (Å²) in [5, 5.41) is 5.66. The van der Waals surface area contributed by atoms with E-state index in [0.717, 1.165) is 49.8 Å². The molecule has 1 aliphatic heterocycles. The van der Waals surface area contributed by atoms with E-state index in [1.54, 1.807) is 0 Å². The zero-order valence-corrected chi connectivity index (χ0v) is 14.3. The lowest BCUT2D eigenvalue weighted by atomic mass is 9.73. The fraction of sp³-hybridized carbons (Fsp3) is 0.824. The second-order valence-electron chi connectivity index (χ2n) is 6.85. The minimum absolute atomic E-state index is 0.120. The molecule has 2 rings (SSSR count). The summed E-state index contributed by atoms with van der Waals surface area (Å²) in [6.45, 7) is 4.57. The number of unbranched alkanes of at least 4 members (excludes halogenated alkanes) is 3. The lowest BCUT2D eigenvalue weighted by molar-refractivity contribution is -0.137. The molecule has 0 radical (unpaired) electrons. The molecule has 0 aromatic rings. The summed E-state index contributed by atoms with van der Waals surface area (Å²) in [4.78, 5) is 38.0. The van der Waals surface area contributed by atoms with Crippen molar-refractivity contribution < 1.29 is 14.4 Å². The van der Waals surface area contributed by atoms with Crippen LogP contribution < -0.4 is 10.6 Å². The Morgan fingerprint density at radius 3 is 2.78 bits per heavy atom. The summed E-state index contributed by atoms with van der Waals surface area (Å²) >= 11 is 0. The molecule has 1 saturated heterocycles. The van der Waals surface area contributed by atoms with Gasteiger partial charge in [-0.2, -0.15) is 0 Å². The SMILES string of the molecule is CCCCCCNC(=O)CN1C(=O)N[C@]2(CCCC[C@@H]2C)C1=O. The normalized spacial score (nSPS) is 27.4. The Labute approximate surface area is 138 Å². The number of urea groups is 1. The van der Waals surface area contributed by atoms with Crippen LogP contribution in [0.4, 0.5) is 4.79 Å². The zero-order valence-electron chi connectivity index (χ0n) is 14.3. The Hall–Kier alpha value is -1.59. The van der Waals surface area contributed by atoms with Crippen molar-refractivity contribution in [2.75, 3.05) is 13.1 Å². The van der Waals surface area contributed by atoms with Crippen LogP contribution in [0.15, 0.2) is 0 Å². The van der Waals surface area contributed by atoms with E-state index in [0.29, 0.717) is 13.0 Å². The maximum atomic E-state index is 12.7. The number of imide groups is 1. The van der Waals surface area contributed by atoms with E-state index in [1.165, 1.54) is 0 Å². The lowest BCUT2D eigenvalue weighted by Gasteiger charge is -2.36. The third-order valence-corrected chi connectivity index (χ3v) is 5.16. The van der Waals surface area contributed by atoms with Gasteiger partial charge in [0.25, 0.3) is 5.91 Å². The number of hydrogen-bond donors (Lipinski definition) is 2. The number of carbonyl (C=O) groups is 3. The molecule has 0 aromatic heterocycles. The second kappa shape index (κ2) is 7.79. The van der Waals surface area contributed by atoms with Gasteiger partial charge in [0.1, 0.15) is 12.1 Å². The average molecular weight is 323 g/mol. The highest BCUT2D eigenvalue weighted by atomic mass is 16.2. The van der Waals surface area contributed by atoms with Gasteiger partial charge in [-0.25, -0.2) is 4.79 Å². The van der Waals surface area contributed by atoms with E-state index in [-0.39, 0.29) is 24.3 Å². The van der Waals surface area contributed by atoms with Crippen LogP contribution in [-0.4, -0.2) is 41.4 Å². The van der Waals surface area contributed by atoms with Gasteiger partial charge in [-0.15, -0.1) is 0 Å². The van der Waals surface area contributed by atoms with Gasteiger partial charge in [0, 0.05) is 6.54 Å². The van der Waals surface area contributed by atoms with Gasteiger partial charge in [-0.3, -0.25) is 14.5 Å². The number of nitrogens with zero attached hydrogens (tertiary/aromatic N) is 1. The molecule has 0 bridgehead atoms. The number of rotatable bonds is 7. The first kappa shape index (κ1) is 17.8. The van der Waals surface area contributed by atoms with Gasteiger partial charge in [-0.1, -0.05) is 46.0 Å². The maximum Gasteiger partial charge on any atom is 0.325 e. The molecule has 1 spiro atoms. The largest absolute Gasteiger partial charge is 0.355 e. The number of amides is 4.